The Kier molecular flexibility index (Phi) is 7.10. The first kappa shape index (κ1) is 21.7. The molecule has 31 heavy (non-hydrogen) atoms. The highest BCUT2D eigenvalue weighted by molar-refractivity contribution is 14.1. The Morgan fingerprint density at radius 3 is 1.90 bits per heavy atom. The van der Waals surface area contributed by atoms with Crippen molar-refractivity contribution in [1.82, 2.24) is 0 Å². The van der Waals surface area contributed by atoms with Crippen molar-refractivity contribution in [2.45, 2.75) is 44.9 Å². The first-order valence-corrected chi connectivity index (χ1v) is 11.9. The van der Waals surface area contributed by atoms with E-state index in [2.05, 4.69) is 46.3 Å². The molecule has 2 heteroatoms. The molecule has 0 amide bonds. The van der Waals surface area contributed by atoms with Crippen LogP contribution in [0.4, 0.5) is 4.39 Å². The highest BCUT2D eigenvalue weighted by Gasteiger charge is 2.23. The SMILES string of the molecule is Cc1ccc(C#Cc2ccc(C#Cc3ccc(I)cc3)c(C3CCCCC3)c2F)cc1. The van der Waals surface area contributed by atoms with E-state index in [0.717, 1.165) is 47.9 Å². The molecule has 0 saturated heterocycles. The lowest BCUT2D eigenvalue weighted by Gasteiger charge is -2.24. The fraction of sp³-hybridized carbons (Fsp3) is 0.241. The Morgan fingerprint density at radius 2 is 1.26 bits per heavy atom. The van der Waals surface area contributed by atoms with Gasteiger partial charge < -0.3 is 0 Å². The molecule has 1 saturated carbocycles. The smallest absolute Gasteiger partial charge is 0.143 e. The van der Waals surface area contributed by atoms with Gasteiger partial charge in [0.25, 0.3) is 0 Å². The minimum absolute atomic E-state index is 0.194. The van der Waals surface area contributed by atoms with Crippen molar-refractivity contribution in [2.75, 3.05) is 0 Å². The molecule has 1 aliphatic carbocycles. The van der Waals surface area contributed by atoms with Crippen molar-refractivity contribution in [1.29, 1.82) is 0 Å². The summed E-state index contributed by atoms with van der Waals surface area (Å²) in [5.74, 6) is 12.7. The Morgan fingerprint density at radius 1 is 0.710 bits per heavy atom. The van der Waals surface area contributed by atoms with Crippen LogP contribution in [0.15, 0.2) is 60.7 Å². The third-order valence-electron chi connectivity index (χ3n) is 5.77. The number of hydrogen-bond acceptors (Lipinski definition) is 0. The molecular weight excluding hydrogens is 494 g/mol. The van der Waals surface area contributed by atoms with Crippen LogP contribution in [0.2, 0.25) is 0 Å². The van der Waals surface area contributed by atoms with Crippen molar-refractivity contribution >= 4 is 22.6 Å². The summed E-state index contributed by atoms with van der Waals surface area (Å²) in [6.07, 6.45) is 5.56. The van der Waals surface area contributed by atoms with E-state index in [4.69, 9.17) is 0 Å². The Hall–Kier alpha value is -2.56. The molecule has 154 valence electrons. The molecular formula is C29H24FI. The molecule has 0 atom stereocenters. The van der Waals surface area contributed by atoms with Crippen molar-refractivity contribution in [2.24, 2.45) is 0 Å². The third kappa shape index (κ3) is 5.57. The van der Waals surface area contributed by atoms with Gasteiger partial charge >= 0.3 is 0 Å². The summed E-state index contributed by atoms with van der Waals surface area (Å²) < 4.78 is 16.9. The second-order valence-electron chi connectivity index (χ2n) is 8.10. The number of rotatable bonds is 1. The highest BCUT2D eigenvalue weighted by Crippen LogP contribution is 2.36. The predicted octanol–water partition coefficient (Wildman–Crippen LogP) is 7.59. The largest absolute Gasteiger partial charge is 0.205 e. The standard InChI is InChI=1S/C29H24FI/c1-21-7-9-22(10-8-21)12-16-26-18-17-25(15-11-23-13-19-27(31)20-14-23)28(29(26)30)24-5-3-2-4-6-24/h7-10,13-14,17-20,24H,2-6H2,1H3. The van der Waals surface area contributed by atoms with E-state index in [1.807, 2.05) is 61.5 Å². The fourth-order valence-electron chi connectivity index (χ4n) is 4.04. The average Bonchev–Trinajstić information content (AvgIpc) is 2.80. The molecule has 0 spiro atoms. The monoisotopic (exact) mass is 518 g/mol. The molecule has 1 fully saturated rings. The zero-order chi connectivity index (χ0) is 21.6. The summed E-state index contributed by atoms with van der Waals surface area (Å²) in [7, 11) is 0. The van der Waals surface area contributed by atoms with E-state index < -0.39 is 0 Å². The summed E-state index contributed by atoms with van der Waals surface area (Å²) >= 11 is 2.28. The van der Waals surface area contributed by atoms with Crippen molar-refractivity contribution in [3.63, 3.8) is 0 Å². The minimum atomic E-state index is -0.194. The molecule has 0 aliphatic heterocycles. The van der Waals surface area contributed by atoms with Gasteiger partial charge in [-0.2, -0.15) is 0 Å². The van der Waals surface area contributed by atoms with Crippen LogP contribution in [-0.4, -0.2) is 0 Å². The maximum Gasteiger partial charge on any atom is 0.143 e. The lowest BCUT2D eigenvalue weighted by Crippen LogP contribution is -2.10. The van der Waals surface area contributed by atoms with Gasteiger partial charge in [0.15, 0.2) is 0 Å². The van der Waals surface area contributed by atoms with E-state index in [0.29, 0.717) is 5.56 Å². The van der Waals surface area contributed by atoms with Crippen LogP contribution in [0.3, 0.4) is 0 Å². The van der Waals surface area contributed by atoms with Gasteiger partial charge in [-0.1, -0.05) is 60.6 Å². The summed E-state index contributed by atoms with van der Waals surface area (Å²) in [5.41, 5.74) is 5.04. The van der Waals surface area contributed by atoms with Crippen LogP contribution >= 0.6 is 22.6 Å². The van der Waals surface area contributed by atoms with E-state index in [9.17, 15) is 0 Å². The van der Waals surface area contributed by atoms with Crippen LogP contribution in [0.5, 0.6) is 0 Å². The second-order valence-corrected chi connectivity index (χ2v) is 9.34. The molecule has 3 aromatic carbocycles. The molecule has 0 heterocycles. The van der Waals surface area contributed by atoms with Crippen molar-refractivity contribution < 1.29 is 4.39 Å². The van der Waals surface area contributed by atoms with Gasteiger partial charge in [0.1, 0.15) is 5.82 Å². The second kappa shape index (κ2) is 10.2. The molecule has 3 aromatic rings. The molecule has 0 nitrogen and oxygen atoms in total. The summed E-state index contributed by atoms with van der Waals surface area (Å²) in [5, 5.41) is 0. The normalized spacial score (nSPS) is 13.6. The lowest BCUT2D eigenvalue weighted by atomic mass is 9.81. The lowest BCUT2D eigenvalue weighted by molar-refractivity contribution is 0.429. The minimum Gasteiger partial charge on any atom is -0.205 e. The van der Waals surface area contributed by atoms with E-state index >= 15 is 4.39 Å². The molecule has 4 rings (SSSR count). The van der Waals surface area contributed by atoms with Gasteiger partial charge in [0.2, 0.25) is 0 Å². The summed E-state index contributed by atoms with van der Waals surface area (Å²) in [6.45, 7) is 2.04. The number of hydrogen-bond donors (Lipinski definition) is 0. The van der Waals surface area contributed by atoms with E-state index in [1.54, 1.807) is 6.07 Å². The van der Waals surface area contributed by atoms with Gasteiger partial charge in [0, 0.05) is 25.8 Å². The molecule has 0 bridgehead atoms. The zero-order valence-corrected chi connectivity index (χ0v) is 19.8. The van der Waals surface area contributed by atoms with E-state index in [-0.39, 0.29) is 11.7 Å². The maximum absolute atomic E-state index is 15.7. The number of aryl methyl sites for hydroxylation is 1. The zero-order valence-electron chi connectivity index (χ0n) is 17.6. The van der Waals surface area contributed by atoms with Gasteiger partial charge in [-0.3, -0.25) is 0 Å². The Balaban J connectivity index is 1.73. The van der Waals surface area contributed by atoms with Crippen LogP contribution in [0.25, 0.3) is 0 Å². The Bertz CT molecular complexity index is 1180. The Labute approximate surface area is 198 Å². The van der Waals surface area contributed by atoms with Gasteiger partial charge in [0.05, 0.1) is 5.56 Å². The summed E-state index contributed by atoms with van der Waals surface area (Å²) in [4.78, 5) is 0. The van der Waals surface area contributed by atoms with Crippen molar-refractivity contribution in [3.05, 3.63) is 103 Å². The molecule has 0 N–H and O–H groups in total. The van der Waals surface area contributed by atoms with Crippen LogP contribution in [0.1, 0.15) is 71.4 Å². The molecule has 0 radical (unpaired) electrons. The van der Waals surface area contributed by atoms with Gasteiger partial charge in [-0.05, 0) is 96.8 Å². The topological polar surface area (TPSA) is 0 Å². The first-order valence-electron chi connectivity index (χ1n) is 10.8. The highest BCUT2D eigenvalue weighted by atomic mass is 127. The van der Waals surface area contributed by atoms with Gasteiger partial charge in [-0.25, -0.2) is 4.39 Å². The van der Waals surface area contributed by atoms with Crippen LogP contribution < -0.4 is 0 Å². The van der Waals surface area contributed by atoms with Crippen molar-refractivity contribution in [3.8, 4) is 23.7 Å². The summed E-state index contributed by atoms with van der Waals surface area (Å²) in [6, 6.07) is 19.8. The number of benzene rings is 3. The quantitative estimate of drug-likeness (QED) is 0.230. The molecule has 0 unspecified atom stereocenters. The van der Waals surface area contributed by atoms with Gasteiger partial charge in [-0.15, -0.1) is 0 Å². The fourth-order valence-corrected chi connectivity index (χ4v) is 4.40. The van der Waals surface area contributed by atoms with Crippen LogP contribution in [0, 0.1) is 40.0 Å². The first-order chi connectivity index (χ1) is 15.1. The molecule has 0 aromatic heterocycles. The maximum atomic E-state index is 15.7. The number of halogens is 2. The molecule has 1 aliphatic rings. The average molecular weight is 518 g/mol. The van der Waals surface area contributed by atoms with E-state index in [1.165, 1.54) is 15.6 Å². The van der Waals surface area contributed by atoms with Crippen LogP contribution in [-0.2, 0) is 0 Å². The predicted molar refractivity (Wildman–Crippen MR) is 135 cm³/mol. The third-order valence-corrected chi connectivity index (χ3v) is 6.49.